The lowest BCUT2D eigenvalue weighted by Gasteiger charge is -2.34. The number of fused-ring (bicyclic) bond motifs is 1. The standard InChI is InChI=1S/C23H17F3N2O4/c1-32-23(27)14-8-19(30)22(31)20-15(11-6-17(24)21(26)18(25)7-11)9-28(10-16(14)20)12-2-4-13(29)5-3-12/h2-8,10,19,27,29-30H,9H2,1H3. The number of ether oxygens (including phenoxy) is 1. The van der Waals surface area contributed by atoms with Crippen LogP contribution in [-0.2, 0) is 9.53 Å². The molecule has 0 spiro atoms. The van der Waals surface area contributed by atoms with E-state index in [1.54, 1.807) is 23.2 Å². The predicted molar refractivity (Wildman–Crippen MR) is 111 cm³/mol. The number of Topliss-reactive ketones (excluding diaryl/α,β-unsaturated/α-hetero) is 1. The van der Waals surface area contributed by atoms with E-state index in [1.165, 1.54) is 19.2 Å². The summed E-state index contributed by atoms with van der Waals surface area (Å²) >= 11 is 0. The maximum absolute atomic E-state index is 14.0. The Kier molecular flexibility index (Phi) is 5.35. The summed E-state index contributed by atoms with van der Waals surface area (Å²) in [6.07, 6.45) is 1.11. The van der Waals surface area contributed by atoms with E-state index in [-0.39, 0.29) is 46.0 Å². The lowest BCUT2D eigenvalue weighted by Crippen LogP contribution is -2.35. The molecule has 1 unspecified atom stereocenters. The van der Waals surface area contributed by atoms with E-state index in [1.807, 2.05) is 0 Å². The maximum atomic E-state index is 14.0. The van der Waals surface area contributed by atoms with Crippen LogP contribution < -0.4 is 4.90 Å². The summed E-state index contributed by atoms with van der Waals surface area (Å²) in [5.74, 6) is -5.53. The maximum Gasteiger partial charge on any atom is 0.213 e. The molecule has 0 aromatic heterocycles. The van der Waals surface area contributed by atoms with E-state index in [2.05, 4.69) is 0 Å². The number of carbonyl (C=O) groups is 1. The fourth-order valence-electron chi connectivity index (χ4n) is 3.72. The number of nitrogens with zero attached hydrogens (tertiary/aromatic N) is 1. The molecule has 1 aliphatic carbocycles. The van der Waals surface area contributed by atoms with E-state index < -0.39 is 29.3 Å². The second-order valence-corrected chi connectivity index (χ2v) is 7.22. The molecule has 4 rings (SSSR count). The molecule has 0 bridgehead atoms. The van der Waals surface area contributed by atoms with E-state index >= 15 is 0 Å². The third kappa shape index (κ3) is 3.56. The predicted octanol–water partition coefficient (Wildman–Crippen LogP) is 3.46. The van der Waals surface area contributed by atoms with Crippen LogP contribution in [0.5, 0.6) is 5.75 Å². The van der Waals surface area contributed by atoms with Gasteiger partial charge in [0.05, 0.1) is 7.11 Å². The number of anilines is 1. The van der Waals surface area contributed by atoms with Crippen molar-refractivity contribution in [1.82, 2.24) is 0 Å². The van der Waals surface area contributed by atoms with Crippen LogP contribution in [0.15, 0.2) is 65.4 Å². The van der Waals surface area contributed by atoms with Crippen molar-refractivity contribution in [1.29, 1.82) is 5.41 Å². The van der Waals surface area contributed by atoms with Gasteiger partial charge in [-0.15, -0.1) is 0 Å². The molecular formula is C23H17F3N2O4. The molecule has 0 radical (unpaired) electrons. The Morgan fingerprint density at radius 3 is 2.38 bits per heavy atom. The number of rotatable bonds is 3. The number of nitrogens with one attached hydrogen (secondary N) is 1. The number of ketones is 1. The van der Waals surface area contributed by atoms with Crippen molar-refractivity contribution in [3.63, 3.8) is 0 Å². The number of hydrogen-bond acceptors (Lipinski definition) is 6. The van der Waals surface area contributed by atoms with Gasteiger partial charge in [0.2, 0.25) is 5.90 Å². The average molecular weight is 442 g/mol. The minimum atomic E-state index is -1.64. The third-order valence-electron chi connectivity index (χ3n) is 5.28. The van der Waals surface area contributed by atoms with E-state index in [0.717, 1.165) is 18.2 Å². The number of halogens is 3. The molecule has 6 nitrogen and oxygen atoms in total. The summed E-state index contributed by atoms with van der Waals surface area (Å²) in [6, 6.07) is 7.61. The molecule has 3 N–H and O–H groups in total. The molecule has 0 fully saturated rings. The molecule has 1 atom stereocenters. The minimum Gasteiger partial charge on any atom is -0.508 e. The summed E-state index contributed by atoms with van der Waals surface area (Å²) in [5.41, 5.74) is 0.878. The molecule has 164 valence electrons. The normalized spacial score (nSPS) is 18.2. The molecule has 0 amide bonds. The molecule has 2 aliphatic rings. The fourth-order valence-corrected chi connectivity index (χ4v) is 3.72. The lowest BCUT2D eigenvalue weighted by atomic mass is 9.80. The number of aliphatic hydroxyl groups is 1. The largest absolute Gasteiger partial charge is 0.508 e. The van der Waals surface area contributed by atoms with Gasteiger partial charge in [-0.1, -0.05) is 0 Å². The third-order valence-corrected chi connectivity index (χ3v) is 5.28. The second kappa shape index (κ2) is 8.01. The Morgan fingerprint density at radius 2 is 1.78 bits per heavy atom. The molecule has 0 saturated carbocycles. The number of carbonyl (C=O) groups excluding carboxylic acids is 1. The summed E-state index contributed by atoms with van der Waals surface area (Å²) in [4.78, 5) is 14.5. The number of aliphatic hydroxyl groups excluding tert-OH is 1. The van der Waals surface area contributed by atoms with Gasteiger partial charge in [0.1, 0.15) is 11.9 Å². The number of phenols is 1. The van der Waals surface area contributed by atoms with Crippen molar-refractivity contribution in [2.24, 2.45) is 0 Å². The van der Waals surface area contributed by atoms with E-state index in [4.69, 9.17) is 10.1 Å². The highest BCUT2D eigenvalue weighted by Gasteiger charge is 2.37. The van der Waals surface area contributed by atoms with Crippen LogP contribution in [0, 0.1) is 22.9 Å². The van der Waals surface area contributed by atoms with E-state index in [0.29, 0.717) is 5.69 Å². The molecule has 9 heteroatoms. The highest BCUT2D eigenvalue weighted by Crippen LogP contribution is 2.40. The molecule has 0 saturated heterocycles. The Bertz CT molecular complexity index is 1210. The van der Waals surface area contributed by atoms with Gasteiger partial charge in [0, 0.05) is 35.2 Å². The van der Waals surface area contributed by atoms with E-state index in [9.17, 15) is 28.2 Å². The molecule has 32 heavy (non-hydrogen) atoms. The zero-order valence-electron chi connectivity index (χ0n) is 16.7. The SMILES string of the molecule is COC(=N)C1=CC(O)C(=O)C2=C(c3cc(F)c(F)c(F)c3)CN(c3ccc(O)cc3)C=C12. The number of aromatic hydroxyl groups is 1. The number of methoxy groups -OCH3 is 1. The summed E-state index contributed by atoms with van der Waals surface area (Å²) in [7, 11) is 1.25. The van der Waals surface area contributed by atoms with Crippen molar-refractivity contribution >= 4 is 22.9 Å². The van der Waals surface area contributed by atoms with Gasteiger partial charge in [-0.25, -0.2) is 13.2 Å². The topological polar surface area (TPSA) is 93.8 Å². The van der Waals surface area contributed by atoms with Crippen LogP contribution in [0.25, 0.3) is 5.57 Å². The molecule has 1 aliphatic heterocycles. The van der Waals surface area contributed by atoms with Crippen molar-refractivity contribution in [2.75, 3.05) is 18.6 Å². The van der Waals surface area contributed by atoms with Crippen LogP contribution >= 0.6 is 0 Å². The number of phenolic OH excluding ortho intramolecular Hbond substituents is 1. The number of benzene rings is 2. The van der Waals surface area contributed by atoms with Gasteiger partial charge in [-0.05, 0) is 53.6 Å². The smallest absolute Gasteiger partial charge is 0.213 e. The number of hydrogen-bond donors (Lipinski definition) is 3. The first kappa shape index (κ1) is 21.4. The van der Waals surface area contributed by atoms with Gasteiger partial charge in [0.25, 0.3) is 0 Å². The highest BCUT2D eigenvalue weighted by molar-refractivity contribution is 6.17. The van der Waals surface area contributed by atoms with Crippen LogP contribution in [0.4, 0.5) is 18.9 Å². The summed E-state index contributed by atoms with van der Waals surface area (Å²) < 4.78 is 46.6. The monoisotopic (exact) mass is 442 g/mol. The Balaban J connectivity index is 1.97. The molecule has 2 aromatic rings. The van der Waals surface area contributed by atoms with Gasteiger partial charge >= 0.3 is 0 Å². The van der Waals surface area contributed by atoms with Crippen molar-refractivity contribution in [3.8, 4) is 5.75 Å². The highest BCUT2D eigenvalue weighted by atomic mass is 19.2. The Hall–Kier alpha value is -3.85. The summed E-state index contributed by atoms with van der Waals surface area (Å²) in [6.45, 7) is -0.0554. The Morgan fingerprint density at radius 1 is 1.16 bits per heavy atom. The first-order chi connectivity index (χ1) is 15.2. The Labute approximate surface area is 180 Å². The van der Waals surface area contributed by atoms with Gasteiger partial charge in [0.15, 0.2) is 23.2 Å². The summed E-state index contributed by atoms with van der Waals surface area (Å²) in [5, 5.41) is 27.9. The van der Waals surface area contributed by atoms with Crippen molar-refractivity contribution < 1.29 is 32.9 Å². The first-order valence-corrected chi connectivity index (χ1v) is 9.44. The zero-order valence-corrected chi connectivity index (χ0v) is 16.7. The first-order valence-electron chi connectivity index (χ1n) is 9.44. The molecular weight excluding hydrogens is 425 g/mol. The van der Waals surface area contributed by atoms with Crippen LogP contribution in [0.2, 0.25) is 0 Å². The minimum absolute atomic E-state index is 0.0234. The van der Waals surface area contributed by atoms with Gasteiger partial charge in [-0.3, -0.25) is 10.2 Å². The molecule has 1 heterocycles. The molecule has 2 aromatic carbocycles. The van der Waals surface area contributed by atoms with Crippen LogP contribution in [-0.4, -0.2) is 41.7 Å². The van der Waals surface area contributed by atoms with Gasteiger partial charge in [-0.2, -0.15) is 0 Å². The van der Waals surface area contributed by atoms with Crippen LogP contribution in [0.3, 0.4) is 0 Å². The fraction of sp³-hybridized carbons (Fsp3) is 0.130. The van der Waals surface area contributed by atoms with Gasteiger partial charge < -0.3 is 19.8 Å². The lowest BCUT2D eigenvalue weighted by molar-refractivity contribution is -0.121. The second-order valence-electron chi connectivity index (χ2n) is 7.22. The van der Waals surface area contributed by atoms with Crippen LogP contribution in [0.1, 0.15) is 5.56 Å². The average Bonchev–Trinajstić information content (AvgIpc) is 2.78. The quantitative estimate of drug-likeness (QED) is 0.385. The zero-order chi connectivity index (χ0) is 23.2. The van der Waals surface area contributed by atoms with Crippen molar-refractivity contribution in [3.05, 3.63) is 88.4 Å². The van der Waals surface area contributed by atoms with Crippen molar-refractivity contribution in [2.45, 2.75) is 6.10 Å².